The molecule has 4 aromatic rings. The van der Waals surface area contributed by atoms with Crippen LogP contribution in [0.15, 0.2) is 59.0 Å². The summed E-state index contributed by atoms with van der Waals surface area (Å²) >= 11 is 6.04. The molecule has 0 aliphatic rings. The smallest absolute Gasteiger partial charge is 0.270 e. The Labute approximate surface area is 174 Å². The van der Waals surface area contributed by atoms with Crippen LogP contribution in [0.1, 0.15) is 15.9 Å². The fraction of sp³-hybridized carbons (Fsp3) is 0.0476. The van der Waals surface area contributed by atoms with Gasteiger partial charge in [0.05, 0.1) is 21.1 Å². The molecule has 1 heterocycles. The van der Waals surface area contributed by atoms with Gasteiger partial charge in [0.2, 0.25) is 5.89 Å². The first-order chi connectivity index (χ1) is 14.3. The van der Waals surface area contributed by atoms with Crippen LogP contribution in [-0.4, -0.2) is 20.9 Å². The molecule has 0 aliphatic heterocycles. The van der Waals surface area contributed by atoms with Gasteiger partial charge in [-0.05, 0) is 42.8 Å². The lowest BCUT2D eigenvalue weighted by Gasteiger charge is -2.11. The summed E-state index contributed by atoms with van der Waals surface area (Å²) in [4.78, 5) is 27.4. The minimum absolute atomic E-state index is 0.0343. The van der Waals surface area contributed by atoms with E-state index in [0.717, 1.165) is 6.07 Å². The number of oxazole rings is 1. The Morgan fingerprint density at radius 3 is 2.70 bits per heavy atom. The summed E-state index contributed by atoms with van der Waals surface area (Å²) in [5, 5.41) is 24.2. The number of nitro groups is 1. The lowest BCUT2D eigenvalue weighted by molar-refractivity contribution is -0.384. The molecule has 9 heteroatoms. The van der Waals surface area contributed by atoms with Gasteiger partial charge in [-0.3, -0.25) is 14.9 Å². The Morgan fingerprint density at radius 1 is 1.20 bits per heavy atom. The number of phenols is 1. The standard InChI is InChI=1S/C21H14ClN3O5/c1-11-8-12(23-20(27)14-10-13(25(28)29)6-7-16(14)22)9-15(19(11)26)21-24-17-4-2-3-5-18(17)30-21/h2-10,26H,1H3,(H,23,27). The number of halogens is 1. The number of phenolic OH excluding ortho intramolecular Hbond substituents is 1. The van der Waals surface area contributed by atoms with Gasteiger partial charge in [-0.1, -0.05) is 23.7 Å². The first-order valence-electron chi connectivity index (χ1n) is 8.78. The maximum absolute atomic E-state index is 12.7. The molecule has 0 radical (unpaired) electrons. The molecule has 0 fully saturated rings. The van der Waals surface area contributed by atoms with Gasteiger partial charge in [-0.2, -0.15) is 0 Å². The summed E-state index contributed by atoms with van der Waals surface area (Å²) in [5.41, 5.74) is 2.01. The lowest BCUT2D eigenvalue weighted by Crippen LogP contribution is -2.13. The molecule has 4 rings (SSSR count). The van der Waals surface area contributed by atoms with E-state index in [1.807, 2.05) is 12.1 Å². The summed E-state index contributed by atoms with van der Waals surface area (Å²) in [6.07, 6.45) is 0. The number of aryl methyl sites for hydroxylation is 1. The molecule has 2 N–H and O–H groups in total. The number of para-hydroxylation sites is 2. The van der Waals surface area contributed by atoms with Gasteiger partial charge in [0.15, 0.2) is 5.58 Å². The fourth-order valence-electron chi connectivity index (χ4n) is 3.00. The van der Waals surface area contributed by atoms with Crippen LogP contribution in [0.25, 0.3) is 22.6 Å². The minimum Gasteiger partial charge on any atom is -0.507 e. The third-order valence-electron chi connectivity index (χ3n) is 4.49. The van der Waals surface area contributed by atoms with Gasteiger partial charge in [-0.15, -0.1) is 0 Å². The normalized spacial score (nSPS) is 10.9. The van der Waals surface area contributed by atoms with Gasteiger partial charge in [0.25, 0.3) is 11.6 Å². The zero-order valence-electron chi connectivity index (χ0n) is 15.5. The van der Waals surface area contributed by atoms with E-state index in [1.165, 1.54) is 18.2 Å². The number of anilines is 1. The number of nitrogens with one attached hydrogen (secondary N) is 1. The molecule has 8 nitrogen and oxygen atoms in total. The van der Waals surface area contributed by atoms with Crippen LogP contribution in [0.3, 0.4) is 0 Å². The van der Waals surface area contributed by atoms with Crippen molar-refractivity contribution in [2.45, 2.75) is 6.92 Å². The van der Waals surface area contributed by atoms with E-state index in [-0.39, 0.29) is 27.9 Å². The number of non-ortho nitro benzene ring substituents is 1. The van der Waals surface area contributed by atoms with Crippen molar-refractivity contribution < 1.29 is 19.2 Å². The first-order valence-corrected chi connectivity index (χ1v) is 9.16. The second-order valence-electron chi connectivity index (χ2n) is 6.55. The van der Waals surface area contributed by atoms with Crippen molar-refractivity contribution in [2.24, 2.45) is 0 Å². The Balaban J connectivity index is 1.71. The fourth-order valence-corrected chi connectivity index (χ4v) is 3.20. The zero-order valence-corrected chi connectivity index (χ0v) is 16.3. The van der Waals surface area contributed by atoms with Crippen LogP contribution in [0, 0.1) is 17.0 Å². The molecule has 0 spiro atoms. The highest BCUT2D eigenvalue weighted by Gasteiger charge is 2.19. The highest BCUT2D eigenvalue weighted by molar-refractivity contribution is 6.34. The van der Waals surface area contributed by atoms with E-state index in [2.05, 4.69) is 10.3 Å². The monoisotopic (exact) mass is 423 g/mol. The van der Waals surface area contributed by atoms with Crippen molar-refractivity contribution in [3.63, 3.8) is 0 Å². The number of carbonyl (C=O) groups is 1. The second kappa shape index (κ2) is 7.49. The summed E-state index contributed by atoms with van der Waals surface area (Å²) in [6.45, 7) is 1.66. The number of carbonyl (C=O) groups excluding carboxylic acids is 1. The third-order valence-corrected chi connectivity index (χ3v) is 4.82. The van der Waals surface area contributed by atoms with Gasteiger partial charge < -0.3 is 14.8 Å². The number of hydrogen-bond donors (Lipinski definition) is 2. The lowest BCUT2D eigenvalue weighted by atomic mass is 10.1. The Kier molecular flexibility index (Phi) is 4.85. The average Bonchev–Trinajstić information content (AvgIpc) is 3.14. The summed E-state index contributed by atoms with van der Waals surface area (Å²) < 4.78 is 5.72. The van der Waals surface area contributed by atoms with Crippen molar-refractivity contribution in [3.8, 4) is 17.2 Å². The number of amides is 1. The van der Waals surface area contributed by atoms with Crippen LogP contribution < -0.4 is 5.32 Å². The molecular weight excluding hydrogens is 410 g/mol. The van der Waals surface area contributed by atoms with E-state index in [4.69, 9.17) is 16.0 Å². The summed E-state index contributed by atoms with van der Waals surface area (Å²) in [6, 6.07) is 13.8. The van der Waals surface area contributed by atoms with Gasteiger partial charge in [-0.25, -0.2) is 4.98 Å². The quantitative estimate of drug-likeness (QED) is 0.260. The molecule has 30 heavy (non-hydrogen) atoms. The molecule has 0 unspecified atom stereocenters. The SMILES string of the molecule is Cc1cc(NC(=O)c2cc([N+](=O)[O-])ccc2Cl)cc(-c2nc3ccccc3o2)c1O. The van der Waals surface area contributed by atoms with Crippen LogP contribution in [-0.2, 0) is 0 Å². The number of benzene rings is 3. The molecular formula is C21H14ClN3O5. The van der Waals surface area contributed by atoms with Crippen molar-refractivity contribution in [1.29, 1.82) is 0 Å². The summed E-state index contributed by atoms with van der Waals surface area (Å²) in [7, 11) is 0. The minimum atomic E-state index is -0.627. The van der Waals surface area contributed by atoms with Gasteiger partial charge in [0.1, 0.15) is 11.3 Å². The van der Waals surface area contributed by atoms with Crippen LogP contribution in [0.2, 0.25) is 5.02 Å². The second-order valence-corrected chi connectivity index (χ2v) is 6.96. The predicted molar refractivity (Wildman–Crippen MR) is 112 cm³/mol. The van der Waals surface area contributed by atoms with Crippen LogP contribution >= 0.6 is 11.6 Å². The highest BCUT2D eigenvalue weighted by atomic mass is 35.5. The number of aromatic nitrogens is 1. The first kappa shape index (κ1) is 19.4. The maximum Gasteiger partial charge on any atom is 0.270 e. The Morgan fingerprint density at radius 2 is 1.97 bits per heavy atom. The number of fused-ring (bicyclic) bond motifs is 1. The largest absolute Gasteiger partial charge is 0.507 e. The number of nitro benzene ring substituents is 1. The number of nitrogens with zero attached hydrogens (tertiary/aromatic N) is 2. The van der Waals surface area contributed by atoms with Gasteiger partial charge >= 0.3 is 0 Å². The molecule has 0 atom stereocenters. The maximum atomic E-state index is 12.7. The number of hydrogen-bond acceptors (Lipinski definition) is 6. The van der Waals surface area contributed by atoms with E-state index in [9.17, 15) is 20.0 Å². The molecule has 1 amide bonds. The van der Waals surface area contributed by atoms with E-state index >= 15 is 0 Å². The van der Waals surface area contributed by atoms with Crippen molar-refractivity contribution in [2.75, 3.05) is 5.32 Å². The highest BCUT2D eigenvalue weighted by Crippen LogP contribution is 2.36. The van der Waals surface area contributed by atoms with E-state index < -0.39 is 10.8 Å². The molecule has 0 saturated heterocycles. The van der Waals surface area contributed by atoms with Crippen molar-refractivity contribution in [3.05, 3.63) is 80.9 Å². The molecule has 0 aliphatic carbocycles. The Bertz CT molecular complexity index is 1280. The third kappa shape index (κ3) is 3.56. The van der Waals surface area contributed by atoms with E-state index in [1.54, 1.807) is 25.1 Å². The van der Waals surface area contributed by atoms with E-state index in [0.29, 0.717) is 27.9 Å². The van der Waals surface area contributed by atoms with Crippen molar-refractivity contribution >= 4 is 40.0 Å². The Hall–Kier alpha value is -3.91. The molecule has 3 aromatic carbocycles. The molecule has 1 aromatic heterocycles. The van der Waals surface area contributed by atoms with Crippen LogP contribution in [0.4, 0.5) is 11.4 Å². The molecule has 0 bridgehead atoms. The number of aromatic hydroxyl groups is 1. The predicted octanol–water partition coefficient (Wildman–Crippen LogP) is 5.32. The number of rotatable bonds is 4. The van der Waals surface area contributed by atoms with Crippen LogP contribution in [0.5, 0.6) is 5.75 Å². The zero-order chi connectivity index (χ0) is 21.4. The topological polar surface area (TPSA) is 118 Å². The molecule has 150 valence electrons. The van der Waals surface area contributed by atoms with Crippen molar-refractivity contribution in [1.82, 2.24) is 4.98 Å². The summed E-state index contributed by atoms with van der Waals surface area (Å²) in [5.74, 6) is -0.466. The van der Waals surface area contributed by atoms with Gasteiger partial charge in [0, 0.05) is 17.8 Å². The molecule has 0 saturated carbocycles. The average molecular weight is 424 g/mol.